The molecule has 3 nitrogen and oxygen atoms in total. The molecule has 2 aliphatic rings. The van der Waals surface area contributed by atoms with Gasteiger partial charge in [0.15, 0.2) is 0 Å². The Balaban J connectivity index is 1.91. The van der Waals surface area contributed by atoms with E-state index in [-0.39, 0.29) is 0 Å². The summed E-state index contributed by atoms with van der Waals surface area (Å²) in [7, 11) is 0. The molecule has 0 radical (unpaired) electrons. The molecule has 3 heteroatoms. The molecular formula is C11H23N3. The molecular weight excluding hydrogens is 174 g/mol. The molecule has 14 heavy (non-hydrogen) atoms. The monoisotopic (exact) mass is 197 g/mol. The van der Waals surface area contributed by atoms with E-state index in [1.807, 2.05) is 0 Å². The van der Waals surface area contributed by atoms with E-state index in [0.29, 0.717) is 12.1 Å². The van der Waals surface area contributed by atoms with Gasteiger partial charge in [-0.2, -0.15) is 0 Å². The quantitative estimate of drug-likeness (QED) is 0.574. The summed E-state index contributed by atoms with van der Waals surface area (Å²) in [5, 5.41) is 7.00. The molecule has 1 aliphatic carbocycles. The highest BCUT2D eigenvalue weighted by atomic mass is 15.2. The van der Waals surface area contributed by atoms with Gasteiger partial charge in [0, 0.05) is 25.3 Å². The molecule has 1 aliphatic heterocycles. The second kappa shape index (κ2) is 5.10. The van der Waals surface area contributed by atoms with Crippen LogP contribution in [-0.4, -0.2) is 25.3 Å². The zero-order valence-corrected chi connectivity index (χ0v) is 8.97. The van der Waals surface area contributed by atoms with E-state index in [2.05, 4.69) is 10.6 Å². The second-order valence-electron chi connectivity index (χ2n) is 4.70. The Bertz CT molecular complexity index is 164. The molecule has 2 fully saturated rings. The molecule has 0 aromatic carbocycles. The Labute approximate surface area is 86.8 Å². The molecule has 4 N–H and O–H groups in total. The van der Waals surface area contributed by atoms with Crippen LogP contribution in [0.4, 0.5) is 0 Å². The van der Waals surface area contributed by atoms with Crippen molar-refractivity contribution < 1.29 is 0 Å². The first-order valence-electron chi connectivity index (χ1n) is 6.08. The van der Waals surface area contributed by atoms with Crippen LogP contribution in [0.1, 0.15) is 38.5 Å². The molecule has 0 bridgehead atoms. The Morgan fingerprint density at radius 2 is 1.71 bits per heavy atom. The van der Waals surface area contributed by atoms with Crippen molar-refractivity contribution in [3.05, 3.63) is 0 Å². The van der Waals surface area contributed by atoms with Crippen molar-refractivity contribution in [2.45, 2.75) is 50.6 Å². The molecule has 2 atom stereocenters. The lowest BCUT2D eigenvalue weighted by atomic mass is 9.88. The fourth-order valence-corrected chi connectivity index (χ4v) is 2.97. The molecule has 0 aromatic rings. The van der Waals surface area contributed by atoms with Crippen LogP contribution < -0.4 is 16.4 Å². The third-order valence-corrected chi connectivity index (χ3v) is 3.80. The molecule has 1 saturated heterocycles. The number of hydrogen-bond acceptors (Lipinski definition) is 3. The van der Waals surface area contributed by atoms with Gasteiger partial charge in [0.2, 0.25) is 0 Å². The van der Waals surface area contributed by atoms with Gasteiger partial charge in [-0.25, -0.2) is 0 Å². The highest BCUT2D eigenvalue weighted by Crippen LogP contribution is 2.27. The Kier molecular flexibility index (Phi) is 3.79. The van der Waals surface area contributed by atoms with Gasteiger partial charge in [-0.15, -0.1) is 0 Å². The van der Waals surface area contributed by atoms with Gasteiger partial charge < -0.3 is 5.73 Å². The Hall–Kier alpha value is -0.120. The van der Waals surface area contributed by atoms with Crippen LogP contribution >= 0.6 is 0 Å². The van der Waals surface area contributed by atoms with Crippen molar-refractivity contribution in [3.8, 4) is 0 Å². The van der Waals surface area contributed by atoms with E-state index < -0.39 is 0 Å². The normalized spacial score (nSPS) is 35.8. The smallest absolute Gasteiger partial charge is 0.0460 e. The largest absolute Gasteiger partial charge is 0.329 e. The maximum Gasteiger partial charge on any atom is 0.0460 e. The lowest BCUT2D eigenvalue weighted by molar-refractivity contribution is 0.322. The molecule has 0 amide bonds. The number of rotatable bonds is 2. The van der Waals surface area contributed by atoms with E-state index in [1.54, 1.807) is 0 Å². The fourth-order valence-electron chi connectivity index (χ4n) is 2.97. The van der Waals surface area contributed by atoms with E-state index in [1.165, 1.54) is 38.5 Å². The van der Waals surface area contributed by atoms with Gasteiger partial charge in [-0.1, -0.05) is 25.7 Å². The van der Waals surface area contributed by atoms with Crippen molar-refractivity contribution in [1.29, 1.82) is 0 Å². The molecule has 82 valence electrons. The molecule has 0 spiro atoms. The Morgan fingerprint density at radius 1 is 1.00 bits per heavy atom. The predicted molar refractivity (Wildman–Crippen MR) is 59.0 cm³/mol. The van der Waals surface area contributed by atoms with Gasteiger partial charge in [0.1, 0.15) is 0 Å². The molecule has 0 aromatic heterocycles. The zero-order chi connectivity index (χ0) is 9.80. The van der Waals surface area contributed by atoms with Crippen LogP contribution in [0, 0.1) is 5.92 Å². The minimum atomic E-state index is 0.512. The standard InChI is InChI=1S/C11H23N3/c12-7-10-11(14-8-13-10)9-5-3-1-2-4-6-9/h9-11,13-14H,1-8,12H2. The number of nitrogens with one attached hydrogen (secondary N) is 2. The number of hydrogen-bond donors (Lipinski definition) is 3. The predicted octanol–water partition coefficient (Wildman–Crippen LogP) is 0.803. The van der Waals surface area contributed by atoms with Crippen molar-refractivity contribution in [3.63, 3.8) is 0 Å². The van der Waals surface area contributed by atoms with E-state index in [4.69, 9.17) is 5.73 Å². The van der Waals surface area contributed by atoms with Crippen LogP contribution in [0.2, 0.25) is 0 Å². The van der Waals surface area contributed by atoms with Crippen LogP contribution in [0.25, 0.3) is 0 Å². The summed E-state index contributed by atoms with van der Waals surface area (Å²) in [6, 6.07) is 1.15. The van der Waals surface area contributed by atoms with Gasteiger partial charge in [-0.3, -0.25) is 10.6 Å². The van der Waals surface area contributed by atoms with Gasteiger partial charge in [-0.05, 0) is 18.8 Å². The highest BCUT2D eigenvalue weighted by Gasteiger charge is 2.31. The maximum atomic E-state index is 5.77. The van der Waals surface area contributed by atoms with Crippen LogP contribution in [0.15, 0.2) is 0 Å². The van der Waals surface area contributed by atoms with Crippen molar-refractivity contribution >= 4 is 0 Å². The first kappa shape index (κ1) is 10.4. The third kappa shape index (κ3) is 2.27. The second-order valence-corrected chi connectivity index (χ2v) is 4.70. The average molecular weight is 197 g/mol. The summed E-state index contributed by atoms with van der Waals surface area (Å²) in [6.45, 7) is 1.72. The van der Waals surface area contributed by atoms with E-state index in [0.717, 1.165) is 19.1 Å². The van der Waals surface area contributed by atoms with E-state index in [9.17, 15) is 0 Å². The Morgan fingerprint density at radius 3 is 2.36 bits per heavy atom. The molecule has 1 heterocycles. The summed E-state index contributed by atoms with van der Waals surface area (Å²) in [4.78, 5) is 0. The first-order chi connectivity index (χ1) is 6.92. The van der Waals surface area contributed by atoms with Crippen LogP contribution in [-0.2, 0) is 0 Å². The minimum absolute atomic E-state index is 0.512. The average Bonchev–Trinajstić information content (AvgIpc) is 2.52. The lowest BCUT2D eigenvalue weighted by Crippen LogP contribution is -2.44. The van der Waals surface area contributed by atoms with Crippen molar-refractivity contribution in [2.75, 3.05) is 13.2 Å². The fraction of sp³-hybridized carbons (Fsp3) is 1.00. The minimum Gasteiger partial charge on any atom is -0.329 e. The van der Waals surface area contributed by atoms with Gasteiger partial charge >= 0.3 is 0 Å². The maximum absolute atomic E-state index is 5.77. The summed E-state index contributed by atoms with van der Waals surface area (Å²) in [5.41, 5.74) is 5.77. The lowest BCUT2D eigenvalue weighted by Gasteiger charge is -2.26. The van der Waals surface area contributed by atoms with Crippen molar-refractivity contribution in [1.82, 2.24) is 10.6 Å². The SMILES string of the molecule is NCC1NCNC1C1CCCCCC1. The zero-order valence-electron chi connectivity index (χ0n) is 8.97. The summed E-state index contributed by atoms with van der Waals surface area (Å²) in [5.74, 6) is 0.862. The topological polar surface area (TPSA) is 50.1 Å². The van der Waals surface area contributed by atoms with Crippen LogP contribution in [0.3, 0.4) is 0 Å². The molecule has 2 unspecified atom stereocenters. The van der Waals surface area contributed by atoms with Crippen molar-refractivity contribution in [2.24, 2.45) is 11.7 Å². The molecule has 1 saturated carbocycles. The first-order valence-corrected chi connectivity index (χ1v) is 6.08. The summed E-state index contributed by atoms with van der Waals surface area (Å²) >= 11 is 0. The summed E-state index contributed by atoms with van der Waals surface area (Å²) in [6.07, 6.45) is 8.50. The third-order valence-electron chi connectivity index (χ3n) is 3.80. The van der Waals surface area contributed by atoms with Gasteiger partial charge in [0.05, 0.1) is 0 Å². The van der Waals surface area contributed by atoms with Crippen LogP contribution in [0.5, 0.6) is 0 Å². The number of nitrogens with two attached hydrogens (primary N) is 1. The van der Waals surface area contributed by atoms with E-state index >= 15 is 0 Å². The molecule has 2 rings (SSSR count). The highest BCUT2D eigenvalue weighted by molar-refractivity contribution is 4.93. The summed E-state index contributed by atoms with van der Waals surface area (Å²) < 4.78 is 0. The van der Waals surface area contributed by atoms with Gasteiger partial charge in [0.25, 0.3) is 0 Å².